The molecule has 3 rings (SSSR count). The summed E-state index contributed by atoms with van der Waals surface area (Å²) in [7, 11) is -3.53. The Morgan fingerprint density at radius 2 is 1.73 bits per heavy atom. The van der Waals surface area contributed by atoms with Crippen LogP contribution in [0.3, 0.4) is 0 Å². The van der Waals surface area contributed by atoms with Crippen molar-refractivity contribution in [1.29, 1.82) is 0 Å². The highest BCUT2D eigenvalue weighted by molar-refractivity contribution is 7.89. The van der Waals surface area contributed by atoms with E-state index in [1.165, 1.54) is 11.2 Å². The Kier molecular flexibility index (Phi) is 6.58. The molecular weight excluding hydrogens is 402 g/mol. The Labute approximate surface area is 177 Å². The Balaban J connectivity index is 1.80. The normalized spacial score (nSPS) is 13.4. The Morgan fingerprint density at radius 3 is 2.33 bits per heavy atom. The zero-order chi connectivity index (χ0) is 21.9. The molecule has 2 aromatic carbocycles. The summed E-state index contributed by atoms with van der Waals surface area (Å²) in [5.41, 5.74) is 3.07. The van der Waals surface area contributed by atoms with Gasteiger partial charge in [0, 0.05) is 44.4 Å². The number of carbonyl (C=O) groups excluding carboxylic acids is 2. The van der Waals surface area contributed by atoms with Crippen LogP contribution < -0.4 is 10.2 Å². The second-order valence-corrected chi connectivity index (χ2v) is 9.13. The van der Waals surface area contributed by atoms with Crippen LogP contribution in [-0.4, -0.2) is 44.2 Å². The minimum absolute atomic E-state index is 0.105. The summed E-state index contributed by atoms with van der Waals surface area (Å²) in [6.45, 7) is 6.85. The van der Waals surface area contributed by atoms with Gasteiger partial charge in [0.15, 0.2) is 0 Å². The van der Waals surface area contributed by atoms with Crippen LogP contribution in [0.25, 0.3) is 0 Å². The highest BCUT2D eigenvalue weighted by Crippen LogP contribution is 2.32. The maximum Gasteiger partial charge on any atom is 0.258 e. The molecule has 0 saturated heterocycles. The zero-order valence-electron chi connectivity index (χ0n) is 17.5. The standard InChI is InChI=1S/C22H27N3O4S/c1-4-24(5-2)30(28,29)20-10-11-21-19(14-20)12-13-25(21)22(27)18-8-6-17(7-9-18)15-23-16(3)26/h6-11,14H,4-5,12-13,15H2,1-3H3,(H,23,26). The van der Waals surface area contributed by atoms with Gasteiger partial charge in [-0.2, -0.15) is 4.31 Å². The number of amides is 2. The number of hydrogen-bond donors (Lipinski definition) is 1. The van der Waals surface area contributed by atoms with Crippen LogP contribution in [0.2, 0.25) is 0 Å². The third-order valence-corrected chi connectivity index (χ3v) is 7.32. The van der Waals surface area contributed by atoms with E-state index in [1.54, 1.807) is 35.2 Å². The minimum Gasteiger partial charge on any atom is -0.352 e. The molecule has 0 aliphatic carbocycles. The molecule has 160 valence electrons. The lowest BCUT2D eigenvalue weighted by Gasteiger charge is -2.20. The molecule has 1 heterocycles. The lowest BCUT2D eigenvalue weighted by atomic mass is 10.1. The molecule has 0 bridgehead atoms. The highest BCUT2D eigenvalue weighted by Gasteiger charge is 2.29. The fourth-order valence-corrected chi connectivity index (χ4v) is 5.12. The van der Waals surface area contributed by atoms with Crippen molar-refractivity contribution in [2.75, 3.05) is 24.5 Å². The van der Waals surface area contributed by atoms with Gasteiger partial charge in [0.25, 0.3) is 5.91 Å². The first kappa shape index (κ1) is 22.0. The molecule has 2 amide bonds. The molecule has 1 N–H and O–H groups in total. The van der Waals surface area contributed by atoms with Crippen molar-refractivity contribution in [3.05, 3.63) is 59.2 Å². The van der Waals surface area contributed by atoms with E-state index < -0.39 is 10.0 Å². The van der Waals surface area contributed by atoms with E-state index in [2.05, 4.69) is 5.32 Å². The van der Waals surface area contributed by atoms with Gasteiger partial charge in [0.05, 0.1) is 4.90 Å². The van der Waals surface area contributed by atoms with Gasteiger partial charge >= 0.3 is 0 Å². The van der Waals surface area contributed by atoms with E-state index in [9.17, 15) is 18.0 Å². The summed E-state index contributed by atoms with van der Waals surface area (Å²) in [5, 5.41) is 2.73. The quantitative estimate of drug-likeness (QED) is 0.733. The summed E-state index contributed by atoms with van der Waals surface area (Å²) in [4.78, 5) is 26.0. The molecule has 30 heavy (non-hydrogen) atoms. The summed E-state index contributed by atoms with van der Waals surface area (Å²) in [6.07, 6.45) is 0.614. The predicted octanol–water partition coefficient (Wildman–Crippen LogP) is 2.56. The molecule has 2 aromatic rings. The number of carbonyl (C=O) groups is 2. The first-order chi connectivity index (χ1) is 14.3. The van der Waals surface area contributed by atoms with Gasteiger partial charge in [-0.1, -0.05) is 26.0 Å². The van der Waals surface area contributed by atoms with Crippen LogP contribution in [-0.2, 0) is 27.8 Å². The van der Waals surface area contributed by atoms with E-state index in [0.29, 0.717) is 38.2 Å². The van der Waals surface area contributed by atoms with Crippen molar-refractivity contribution in [3.8, 4) is 0 Å². The molecule has 1 aliphatic rings. The highest BCUT2D eigenvalue weighted by atomic mass is 32.2. The van der Waals surface area contributed by atoms with Crippen molar-refractivity contribution in [2.24, 2.45) is 0 Å². The Bertz CT molecular complexity index is 1040. The van der Waals surface area contributed by atoms with E-state index in [-0.39, 0.29) is 16.7 Å². The molecule has 7 nitrogen and oxygen atoms in total. The molecule has 0 atom stereocenters. The number of fused-ring (bicyclic) bond motifs is 1. The molecule has 0 spiro atoms. The van der Waals surface area contributed by atoms with Crippen LogP contribution >= 0.6 is 0 Å². The van der Waals surface area contributed by atoms with Gasteiger partial charge in [-0.3, -0.25) is 9.59 Å². The van der Waals surface area contributed by atoms with Gasteiger partial charge in [-0.25, -0.2) is 8.42 Å². The molecule has 0 aromatic heterocycles. The largest absolute Gasteiger partial charge is 0.352 e. The van der Waals surface area contributed by atoms with Crippen LogP contribution in [0.1, 0.15) is 42.3 Å². The first-order valence-corrected chi connectivity index (χ1v) is 11.5. The number of sulfonamides is 1. The molecule has 1 aliphatic heterocycles. The zero-order valence-corrected chi connectivity index (χ0v) is 18.3. The summed E-state index contributed by atoms with van der Waals surface area (Å²) >= 11 is 0. The predicted molar refractivity (Wildman–Crippen MR) is 116 cm³/mol. The molecule has 0 radical (unpaired) electrons. The van der Waals surface area contributed by atoms with Gasteiger partial charge in [0.1, 0.15) is 0 Å². The second kappa shape index (κ2) is 8.97. The maximum absolute atomic E-state index is 13.0. The van der Waals surface area contributed by atoms with Gasteiger partial charge in [0.2, 0.25) is 15.9 Å². The van der Waals surface area contributed by atoms with E-state index in [0.717, 1.165) is 16.8 Å². The van der Waals surface area contributed by atoms with Gasteiger partial charge in [-0.05, 0) is 47.9 Å². The minimum atomic E-state index is -3.53. The SMILES string of the molecule is CCN(CC)S(=O)(=O)c1ccc2c(c1)CCN2C(=O)c1ccc(CNC(C)=O)cc1. The molecule has 0 fully saturated rings. The fraction of sp³-hybridized carbons (Fsp3) is 0.364. The van der Waals surface area contributed by atoms with E-state index >= 15 is 0 Å². The first-order valence-electron chi connectivity index (χ1n) is 10.1. The maximum atomic E-state index is 13.0. The topological polar surface area (TPSA) is 86.8 Å². The van der Waals surface area contributed by atoms with E-state index in [1.807, 2.05) is 26.0 Å². The van der Waals surface area contributed by atoms with Crippen molar-refractivity contribution in [1.82, 2.24) is 9.62 Å². The number of rotatable bonds is 7. The second-order valence-electron chi connectivity index (χ2n) is 7.19. The van der Waals surface area contributed by atoms with Crippen molar-refractivity contribution in [3.63, 3.8) is 0 Å². The Morgan fingerprint density at radius 1 is 1.07 bits per heavy atom. The average Bonchev–Trinajstić information content (AvgIpc) is 3.16. The summed E-state index contributed by atoms with van der Waals surface area (Å²) in [6, 6.07) is 12.1. The summed E-state index contributed by atoms with van der Waals surface area (Å²) in [5.74, 6) is -0.231. The third kappa shape index (κ3) is 4.39. The number of anilines is 1. The number of benzene rings is 2. The summed E-state index contributed by atoms with van der Waals surface area (Å²) < 4.78 is 27.0. The number of hydrogen-bond acceptors (Lipinski definition) is 4. The van der Waals surface area contributed by atoms with Crippen molar-refractivity contribution in [2.45, 2.75) is 38.6 Å². The molecule has 0 unspecified atom stereocenters. The van der Waals surface area contributed by atoms with Crippen LogP contribution in [0, 0.1) is 0 Å². The smallest absolute Gasteiger partial charge is 0.258 e. The van der Waals surface area contributed by atoms with Crippen LogP contribution in [0.15, 0.2) is 47.4 Å². The Hall–Kier alpha value is -2.71. The number of nitrogens with one attached hydrogen (secondary N) is 1. The van der Waals surface area contributed by atoms with Crippen LogP contribution in [0.4, 0.5) is 5.69 Å². The lowest BCUT2D eigenvalue weighted by molar-refractivity contribution is -0.119. The molecule has 0 saturated carbocycles. The third-order valence-electron chi connectivity index (χ3n) is 5.28. The van der Waals surface area contributed by atoms with Gasteiger partial charge in [-0.15, -0.1) is 0 Å². The average molecular weight is 430 g/mol. The monoisotopic (exact) mass is 429 g/mol. The van der Waals surface area contributed by atoms with Crippen molar-refractivity contribution < 1.29 is 18.0 Å². The molecule has 8 heteroatoms. The lowest BCUT2D eigenvalue weighted by Crippen LogP contribution is -2.30. The van der Waals surface area contributed by atoms with Crippen molar-refractivity contribution >= 4 is 27.5 Å². The number of nitrogens with zero attached hydrogens (tertiary/aromatic N) is 2. The van der Waals surface area contributed by atoms with E-state index in [4.69, 9.17) is 0 Å². The van der Waals surface area contributed by atoms with Crippen LogP contribution in [0.5, 0.6) is 0 Å². The fourth-order valence-electron chi connectivity index (χ4n) is 3.61. The van der Waals surface area contributed by atoms with Gasteiger partial charge < -0.3 is 10.2 Å². The molecular formula is C22H27N3O4S.